The van der Waals surface area contributed by atoms with Crippen LogP contribution >= 0.6 is 15.9 Å². The first kappa shape index (κ1) is 15.1. The number of unbranched alkanes of at least 4 members (excludes halogenated alkanes) is 1. The molecule has 3 rings (SSSR count). The maximum absolute atomic E-state index is 12.5. The van der Waals surface area contributed by atoms with Gasteiger partial charge < -0.3 is 4.74 Å². The number of benzene rings is 1. The van der Waals surface area contributed by atoms with Gasteiger partial charge in [0.15, 0.2) is 5.78 Å². The lowest BCUT2D eigenvalue weighted by Gasteiger charge is -2.43. The van der Waals surface area contributed by atoms with Crippen molar-refractivity contribution < 1.29 is 9.53 Å². The fourth-order valence-electron chi connectivity index (χ4n) is 3.73. The van der Waals surface area contributed by atoms with Gasteiger partial charge in [-0.05, 0) is 49.8 Å². The van der Waals surface area contributed by atoms with Gasteiger partial charge in [0, 0.05) is 4.47 Å². The topological polar surface area (TPSA) is 26.3 Å². The van der Waals surface area contributed by atoms with Gasteiger partial charge in [0.2, 0.25) is 0 Å². The van der Waals surface area contributed by atoms with Gasteiger partial charge in [-0.25, -0.2) is 0 Å². The Hall–Kier alpha value is -0.830. The molecule has 114 valence electrons. The minimum atomic E-state index is -0.222. The second kappa shape index (κ2) is 6.12. The Morgan fingerprint density at radius 3 is 2.81 bits per heavy atom. The van der Waals surface area contributed by atoms with Crippen molar-refractivity contribution in [3.8, 4) is 5.75 Å². The van der Waals surface area contributed by atoms with Crippen LogP contribution in [0.3, 0.4) is 0 Å². The molecular formula is C18H23BrO2. The highest BCUT2D eigenvalue weighted by Gasteiger charge is 2.43. The number of ketones is 1. The summed E-state index contributed by atoms with van der Waals surface area (Å²) in [6.45, 7) is 2.25. The maximum atomic E-state index is 12.5. The first-order valence-corrected chi connectivity index (χ1v) is 8.93. The summed E-state index contributed by atoms with van der Waals surface area (Å²) in [6.07, 6.45) is 8.97. The highest BCUT2D eigenvalue weighted by atomic mass is 79.9. The number of carbonyl (C=O) groups excluding carboxylic acids is 1. The summed E-state index contributed by atoms with van der Waals surface area (Å²) in [5.41, 5.74) is 0.517. The Bertz CT molecular complexity index is 530. The molecule has 0 N–H and O–H groups in total. The minimum absolute atomic E-state index is 0.222. The van der Waals surface area contributed by atoms with Gasteiger partial charge in [-0.2, -0.15) is 0 Å². The van der Waals surface area contributed by atoms with E-state index in [1.165, 1.54) is 32.1 Å². The van der Waals surface area contributed by atoms with E-state index in [0.717, 1.165) is 34.5 Å². The van der Waals surface area contributed by atoms with Gasteiger partial charge in [0.1, 0.15) is 11.4 Å². The molecule has 1 saturated carbocycles. The molecule has 1 aliphatic carbocycles. The van der Waals surface area contributed by atoms with E-state index < -0.39 is 0 Å². The Morgan fingerprint density at radius 1 is 1.33 bits per heavy atom. The largest absolute Gasteiger partial charge is 0.486 e. The lowest BCUT2D eigenvalue weighted by atomic mass is 9.73. The predicted octanol–water partition coefficient (Wildman–Crippen LogP) is 5.53. The summed E-state index contributed by atoms with van der Waals surface area (Å²) in [7, 11) is 0. The zero-order valence-corrected chi connectivity index (χ0v) is 14.2. The summed E-state index contributed by atoms with van der Waals surface area (Å²) in [4.78, 5) is 12.5. The van der Waals surface area contributed by atoms with E-state index in [0.29, 0.717) is 6.42 Å². The van der Waals surface area contributed by atoms with Crippen molar-refractivity contribution in [2.24, 2.45) is 5.92 Å². The van der Waals surface area contributed by atoms with Crippen LogP contribution < -0.4 is 4.74 Å². The van der Waals surface area contributed by atoms with Gasteiger partial charge in [0.25, 0.3) is 0 Å². The van der Waals surface area contributed by atoms with E-state index in [9.17, 15) is 4.79 Å². The van der Waals surface area contributed by atoms with E-state index in [1.807, 2.05) is 18.2 Å². The molecule has 1 aromatic rings. The molecule has 0 unspecified atom stereocenters. The van der Waals surface area contributed by atoms with Crippen molar-refractivity contribution in [2.75, 3.05) is 0 Å². The standard InChI is InChI=1S/C18H23BrO2/c1-2-3-4-13-7-9-18(10-8-13)12-16(20)15-11-14(19)5-6-17(15)21-18/h5-6,11,13H,2-4,7-10,12H2,1H3. The first-order valence-electron chi connectivity index (χ1n) is 8.14. The monoisotopic (exact) mass is 350 g/mol. The molecule has 1 aromatic carbocycles. The highest BCUT2D eigenvalue weighted by Crippen LogP contribution is 2.44. The normalized spacial score (nSPS) is 28.3. The zero-order valence-electron chi connectivity index (χ0n) is 12.7. The Labute approximate surface area is 135 Å². The fraction of sp³-hybridized carbons (Fsp3) is 0.611. The maximum Gasteiger partial charge on any atom is 0.170 e. The van der Waals surface area contributed by atoms with Crippen LogP contribution in [0.5, 0.6) is 5.75 Å². The average Bonchev–Trinajstić information content (AvgIpc) is 2.48. The molecule has 21 heavy (non-hydrogen) atoms. The summed E-state index contributed by atoms with van der Waals surface area (Å²) in [5.74, 6) is 1.85. The van der Waals surface area contributed by atoms with Gasteiger partial charge >= 0.3 is 0 Å². The van der Waals surface area contributed by atoms with E-state index >= 15 is 0 Å². The first-order chi connectivity index (χ1) is 10.1. The molecule has 0 aromatic heterocycles. The third-order valence-electron chi connectivity index (χ3n) is 5.03. The SMILES string of the molecule is CCCCC1CCC2(CC1)CC(=O)c1cc(Br)ccc1O2. The molecule has 0 saturated heterocycles. The summed E-state index contributed by atoms with van der Waals surface area (Å²) in [5, 5.41) is 0. The zero-order chi connectivity index (χ0) is 14.9. The third kappa shape index (κ3) is 3.18. The molecule has 0 bridgehead atoms. The number of halogens is 1. The molecule has 0 atom stereocenters. The van der Waals surface area contributed by atoms with Crippen molar-refractivity contribution in [2.45, 2.75) is 63.9 Å². The van der Waals surface area contributed by atoms with Crippen molar-refractivity contribution in [3.63, 3.8) is 0 Å². The van der Waals surface area contributed by atoms with Crippen LogP contribution in [0, 0.1) is 5.92 Å². The lowest BCUT2D eigenvalue weighted by molar-refractivity contribution is 0.000989. The Morgan fingerprint density at radius 2 is 2.10 bits per heavy atom. The molecule has 2 nitrogen and oxygen atoms in total. The number of fused-ring (bicyclic) bond motifs is 1. The molecular weight excluding hydrogens is 328 g/mol. The van der Waals surface area contributed by atoms with Gasteiger partial charge in [-0.1, -0.05) is 42.1 Å². The fourth-order valence-corrected chi connectivity index (χ4v) is 4.09. The number of hydrogen-bond acceptors (Lipinski definition) is 2. The van der Waals surface area contributed by atoms with Crippen LogP contribution in [0.2, 0.25) is 0 Å². The molecule has 0 amide bonds. The summed E-state index contributed by atoms with van der Waals surface area (Å²) in [6, 6.07) is 5.77. The quantitative estimate of drug-likeness (QED) is 0.715. The molecule has 1 spiro atoms. The van der Waals surface area contributed by atoms with Crippen LogP contribution in [-0.4, -0.2) is 11.4 Å². The smallest absolute Gasteiger partial charge is 0.170 e. The van der Waals surface area contributed by atoms with Gasteiger partial charge in [-0.3, -0.25) is 4.79 Å². The van der Waals surface area contributed by atoms with E-state index in [2.05, 4.69) is 22.9 Å². The van der Waals surface area contributed by atoms with Crippen LogP contribution in [0.15, 0.2) is 22.7 Å². The van der Waals surface area contributed by atoms with Crippen LogP contribution in [-0.2, 0) is 0 Å². The van der Waals surface area contributed by atoms with Crippen LogP contribution in [0.25, 0.3) is 0 Å². The molecule has 1 fully saturated rings. The number of hydrogen-bond donors (Lipinski definition) is 0. The van der Waals surface area contributed by atoms with Gasteiger partial charge in [0.05, 0.1) is 12.0 Å². The number of Topliss-reactive ketones (excluding diaryl/α,β-unsaturated/α-hetero) is 1. The molecule has 3 heteroatoms. The van der Waals surface area contributed by atoms with Crippen molar-refractivity contribution in [1.82, 2.24) is 0 Å². The molecule has 2 aliphatic rings. The third-order valence-corrected chi connectivity index (χ3v) is 5.53. The number of carbonyl (C=O) groups is 1. The van der Waals surface area contributed by atoms with Crippen LogP contribution in [0.4, 0.5) is 0 Å². The molecule has 0 radical (unpaired) electrons. The second-order valence-electron chi connectivity index (χ2n) is 6.61. The number of rotatable bonds is 3. The predicted molar refractivity (Wildman–Crippen MR) is 87.9 cm³/mol. The van der Waals surface area contributed by atoms with Crippen LogP contribution in [0.1, 0.15) is 68.6 Å². The van der Waals surface area contributed by atoms with Crippen molar-refractivity contribution in [3.05, 3.63) is 28.2 Å². The van der Waals surface area contributed by atoms with Crippen molar-refractivity contribution >= 4 is 21.7 Å². The van der Waals surface area contributed by atoms with E-state index in [-0.39, 0.29) is 11.4 Å². The van der Waals surface area contributed by atoms with Crippen molar-refractivity contribution in [1.29, 1.82) is 0 Å². The second-order valence-corrected chi connectivity index (χ2v) is 7.53. The number of ether oxygens (including phenoxy) is 1. The average molecular weight is 351 g/mol. The molecule has 1 heterocycles. The Balaban J connectivity index is 1.71. The Kier molecular flexibility index (Phi) is 4.39. The highest BCUT2D eigenvalue weighted by molar-refractivity contribution is 9.10. The lowest BCUT2D eigenvalue weighted by Crippen LogP contribution is -2.45. The van der Waals surface area contributed by atoms with Gasteiger partial charge in [-0.15, -0.1) is 0 Å². The molecule has 1 aliphatic heterocycles. The summed E-state index contributed by atoms with van der Waals surface area (Å²) >= 11 is 3.43. The van der Waals surface area contributed by atoms with E-state index in [4.69, 9.17) is 4.74 Å². The van der Waals surface area contributed by atoms with E-state index in [1.54, 1.807) is 0 Å². The summed E-state index contributed by atoms with van der Waals surface area (Å²) < 4.78 is 7.24. The minimum Gasteiger partial charge on any atom is -0.486 e.